The quantitative estimate of drug-likeness (QED) is 0.695. The molecule has 0 heterocycles. The summed E-state index contributed by atoms with van der Waals surface area (Å²) in [4.78, 5) is 0. The van der Waals surface area contributed by atoms with Gasteiger partial charge < -0.3 is 10.5 Å². The zero-order valence-corrected chi connectivity index (χ0v) is 7.72. The number of ether oxygens (including phenoxy) is 1. The van der Waals surface area contributed by atoms with Gasteiger partial charge in [0.15, 0.2) is 0 Å². The van der Waals surface area contributed by atoms with E-state index in [2.05, 4.69) is 0 Å². The van der Waals surface area contributed by atoms with Crippen molar-refractivity contribution in [2.24, 2.45) is 11.7 Å². The number of hydrogen-bond donors (Lipinski definition) is 1. The van der Waals surface area contributed by atoms with E-state index in [9.17, 15) is 0 Å². The number of nitrogens with two attached hydrogens (primary N) is 1. The second-order valence-electron chi connectivity index (χ2n) is 4.35. The summed E-state index contributed by atoms with van der Waals surface area (Å²) in [6, 6.07) is 0. The Bertz CT molecular complexity index is 148. The molecule has 0 spiro atoms. The van der Waals surface area contributed by atoms with E-state index in [1.54, 1.807) is 0 Å². The van der Waals surface area contributed by atoms with Crippen molar-refractivity contribution in [3.05, 3.63) is 0 Å². The van der Waals surface area contributed by atoms with Crippen LogP contribution in [-0.4, -0.2) is 18.8 Å². The maximum atomic E-state index is 5.94. The summed E-state index contributed by atoms with van der Waals surface area (Å²) < 4.78 is 5.94. The van der Waals surface area contributed by atoms with Crippen molar-refractivity contribution in [3.63, 3.8) is 0 Å². The van der Waals surface area contributed by atoms with Crippen LogP contribution in [0.25, 0.3) is 0 Å². The first-order valence-corrected chi connectivity index (χ1v) is 5.19. The molecule has 2 aliphatic rings. The second-order valence-corrected chi connectivity index (χ2v) is 4.35. The van der Waals surface area contributed by atoms with Crippen molar-refractivity contribution >= 4 is 0 Å². The zero-order chi connectivity index (χ0) is 8.44. The molecule has 12 heavy (non-hydrogen) atoms. The summed E-state index contributed by atoms with van der Waals surface area (Å²) in [7, 11) is 0. The topological polar surface area (TPSA) is 35.2 Å². The Labute approximate surface area is 74.5 Å². The van der Waals surface area contributed by atoms with Crippen LogP contribution >= 0.6 is 0 Å². The fraction of sp³-hybridized carbons (Fsp3) is 1.00. The highest BCUT2D eigenvalue weighted by molar-refractivity contribution is 4.88. The largest absolute Gasteiger partial charge is 0.373 e. The molecule has 70 valence electrons. The lowest BCUT2D eigenvalue weighted by atomic mass is 10.0. The van der Waals surface area contributed by atoms with E-state index in [0.717, 1.165) is 19.1 Å². The van der Waals surface area contributed by atoms with Crippen LogP contribution in [0.2, 0.25) is 0 Å². The van der Waals surface area contributed by atoms with Gasteiger partial charge in [0.1, 0.15) is 0 Å². The first-order chi connectivity index (χ1) is 5.85. The molecular formula is C10H19NO. The molecule has 0 aromatic heterocycles. The fourth-order valence-corrected chi connectivity index (χ4v) is 2.01. The van der Waals surface area contributed by atoms with Gasteiger partial charge in [0.2, 0.25) is 0 Å². The normalized spacial score (nSPS) is 27.8. The molecule has 0 aromatic carbocycles. The molecule has 2 saturated carbocycles. The summed E-state index contributed by atoms with van der Waals surface area (Å²) in [6.07, 6.45) is 7.75. The molecular weight excluding hydrogens is 150 g/mol. The molecule has 2 nitrogen and oxygen atoms in total. The molecule has 0 amide bonds. The zero-order valence-electron chi connectivity index (χ0n) is 7.72. The van der Waals surface area contributed by atoms with Gasteiger partial charge in [-0.05, 0) is 31.6 Å². The first-order valence-electron chi connectivity index (χ1n) is 5.19. The summed E-state index contributed by atoms with van der Waals surface area (Å²) in [6.45, 7) is 1.69. The Balaban J connectivity index is 1.79. The third-order valence-electron chi connectivity index (χ3n) is 3.21. The molecule has 0 aliphatic heterocycles. The third kappa shape index (κ3) is 1.80. The van der Waals surface area contributed by atoms with Crippen molar-refractivity contribution in [2.75, 3.05) is 13.2 Å². The molecule has 0 aromatic rings. The van der Waals surface area contributed by atoms with Crippen LogP contribution in [0.4, 0.5) is 0 Å². The highest BCUT2D eigenvalue weighted by Gasteiger charge is 2.35. The minimum absolute atomic E-state index is 0.0859. The molecule has 0 radical (unpaired) electrons. The summed E-state index contributed by atoms with van der Waals surface area (Å²) in [5.41, 5.74) is 5.84. The van der Waals surface area contributed by atoms with Gasteiger partial charge in [-0.2, -0.15) is 0 Å². The van der Waals surface area contributed by atoms with Gasteiger partial charge in [-0.15, -0.1) is 0 Å². The molecule has 2 aliphatic carbocycles. The fourth-order valence-electron chi connectivity index (χ4n) is 2.01. The van der Waals surface area contributed by atoms with Crippen LogP contribution in [0.15, 0.2) is 0 Å². The molecule has 0 bridgehead atoms. The summed E-state index contributed by atoms with van der Waals surface area (Å²) >= 11 is 0. The van der Waals surface area contributed by atoms with Gasteiger partial charge in [0.25, 0.3) is 0 Å². The van der Waals surface area contributed by atoms with Crippen LogP contribution in [0, 0.1) is 5.92 Å². The van der Waals surface area contributed by atoms with E-state index in [1.807, 2.05) is 0 Å². The molecule has 0 saturated heterocycles. The Morgan fingerprint density at radius 2 is 1.92 bits per heavy atom. The predicted molar refractivity (Wildman–Crippen MR) is 48.9 cm³/mol. The van der Waals surface area contributed by atoms with Crippen LogP contribution in [-0.2, 0) is 4.74 Å². The average Bonchev–Trinajstić information content (AvgIpc) is 2.82. The Kier molecular flexibility index (Phi) is 2.37. The molecule has 0 unspecified atom stereocenters. The second kappa shape index (κ2) is 3.35. The van der Waals surface area contributed by atoms with E-state index >= 15 is 0 Å². The van der Waals surface area contributed by atoms with E-state index in [0.29, 0.717) is 0 Å². The van der Waals surface area contributed by atoms with Crippen LogP contribution in [0.1, 0.15) is 38.5 Å². The van der Waals surface area contributed by atoms with Gasteiger partial charge in [-0.25, -0.2) is 0 Å². The lowest BCUT2D eigenvalue weighted by molar-refractivity contribution is -0.0387. The standard InChI is InChI=1S/C10H19NO/c11-8-10(5-1-2-6-10)12-7-9-3-4-9/h9H,1-8,11H2. The Morgan fingerprint density at radius 3 is 2.42 bits per heavy atom. The molecule has 2 rings (SSSR count). The first kappa shape index (κ1) is 8.52. The Hall–Kier alpha value is -0.0800. The Morgan fingerprint density at radius 1 is 1.25 bits per heavy atom. The van der Waals surface area contributed by atoms with Gasteiger partial charge in [-0.1, -0.05) is 12.8 Å². The number of hydrogen-bond acceptors (Lipinski definition) is 2. The highest BCUT2D eigenvalue weighted by Crippen LogP contribution is 2.36. The van der Waals surface area contributed by atoms with E-state index < -0.39 is 0 Å². The lowest BCUT2D eigenvalue weighted by Gasteiger charge is -2.27. The predicted octanol–water partition coefficient (Wildman–Crippen LogP) is 1.68. The van der Waals surface area contributed by atoms with Gasteiger partial charge in [-0.3, -0.25) is 0 Å². The van der Waals surface area contributed by atoms with Crippen LogP contribution in [0.5, 0.6) is 0 Å². The maximum absolute atomic E-state index is 5.94. The maximum Gasteiger partial charge on any atom is 0.0804 e. The van der Waals surface area contributed by atoms with E-state index in [4.69, 9.17) is 10.5 Å². The highest BCUT2D eigenvalue weighted by atomic mass is 16.5. The van der Waals surface area contributed by atoms with Gasteiger partial charge in [0.05, 0.1) is 12.2 Å². The molecule has 2 N–H and O–H groups in total. The summed E-state index contributed by atoms with van der Waals surface area (Å²) in [5.74, 6) is 0.869. The average molecular weight is 169 g/mol. The van der Waals surface area contributed by atoms with E-state index in [1.165, 1.54) is 38.5 Å². The SMILES string of the molecule is NCC1(OCC2CC2)CCCC1. The number of rotatable bonds is 4. The van der Waals surface area contributed by atoms with Crippen molar-refractivity contribution in [1.29, 1.82) is 0 Å². The van der Waals surface area contributed by atoms with Crippen LogP contribution in [0.3, 0.4) is 0 Å². The van der Waals surface area contributed by atoms with Crippen molar-refractivity contribution in [3.8, 4) is 0 Å². The van der Waals surface area contributed by atoms with Gasteiger partial charge >= 0.3 is 0 Å². The van der Waals surface area contributed by atoms with Crippen molar-refractivity contribution in [2.45, 2.75) is 44.1 Å². The molecule has 2 heteroatoms. The minimum Gasteiger partial charge on any atom is -0.373 e. The van der Waals surface area contributed by atoms with E-state index in [-0.39, 0.29) is 5.60 Å². The smallest absolute Gasteiger partial charge is 0.0804 e. The molecule has 0 atom stereocenters. The molecule has 2 fully saturated rings. The van der Waals surface area contributed by atoms with Gasteiger partial charge in [0, 0.05) is 6.54 Å². The lowest BCUT2D eigenvalue weighted by Crippen LogP contribution is -2.38. The monoisotopic (exact) mass is 169 g/mol. The third-order valence-corrected chi connectivity index (χ3v) is 3.21. The van der Waals surface area contributed by atoms with Crippen LogP contribution < -0.4 is 5.73 Å². The summed E-state index contributed by atoms with van der Waals surface area (Å²) in [5, 5.41) is 0. The van der Waals surface area contributed by atoms with Crippen molar-refractivity contribution < 1.29 is 4.74 Å². The van der Waals surface area contributed by atoms with Crippen molar-refractivity contribution in [1.82, 2.24) is 0 Å². The minimum atomic E-state index is 0.0859.